The molecule has 0 saturated heterocycles. The summed E-state index contributed by atoms with van der Waals surface area (Å²) < 4.78 is 1.94. The standard InChI is InChI=1S/C16H20N4O/c1-19-10-9-18-14(19)11-20(13-7-8-13)16(21)15(17)12-5-3-2-4-6-12/h2-6,9-10,13,15H,7-8,11,17H2,1H3. The first-order valence-electron chi connectivity index (χ1n) is 7.24. The molecule has 21 heavy (non-hydrogen) atoms. The minimum absolute atomic E-state index is 0.0216. The van der Waals surface area contributed by atoms with Gasteiger partial charge in [0.05, 0.1) is 6.54 Å². The number of rotatable bonds is 5. The van der Waals surface area contributed by atoms with Crippen molar-refractivity contribution in [1.29, 1.82) is 0 Å². The van der Waals surface area contributed by atoms with E-state index >= 15 is 0 Å². The maximum atomic E-state index is 12.7. The van der Waals surface area contributed by atoms with Crippen molar-refractivity contribution in [3.8, 4) is 0 Å². The highest BCUT2D eigenvalue weighted by Gasteiger charge is 2.35. The second-order valence-electron chi connectivity index (χ2n) is 5.54. The van der Waals surface area contributed by atoms with Crippen LogP contribution in [0.5, 0.6) is 0 Å². The van der Waals surface area contributed by atoms with Crippen LogP contribution in [0.2, 0.25) is 0 Å². The first kappa shape index (κ1) is 13.8. The maximum absolute atomic E-state index is 12.7. The molecule has 110 valence electrons. The Morgan fingerprint density at radius 3 is 2.71 bits per heavy atom. The molecule has 5 nitrogen and oxygen atoms in total. The lowest BCUT2D eigenvalue weighted by atomic mass is 10.1. The van der Waals surface area contributed by atoms with Crippen molar-refractivity contribution in [3.63, 3.8) is 0 Å². The summed E-state index contributed by atoms with van der Waals surface area (Å²) in [6.07, 6.45) is 5.75. The third-order valence-corrected chi connectivity index (χ3v) is 3.93. The lowest BCUT2D eigenvalue weighted by molar-refractivity contribution is -0.134. The molecular formula is C16H20N4O. The van der Waals surface area contributed by atoms with Gasteiger partial charge >= 0.3 is 0 Å². The highest BCUT2D eigenvalue weighted by molar-refractivity contribution is 5.83. The van der Waals surface area contributed by atoms with Crippen molar-refractivity contribution in [1.82, 2.24) is 14.5 Å². The molecule has 1 heterocycles. The summed E-state index contributed by atoms with van der Waals surface area (Å²) in [7, 11) is 1.94. The van der Waals surface area contributed by atoms with Gasteiger partial charge in [0.2, 0.25) is 5.91 Å². The summed E-state index contributed by atoms with van der Waals surface area (Å²) in [5.41, 5.74) is 7.01. The number of hydrogen-bond donors (Lipinski definition) is 1. The number of nitrogens with two attached hydrogens (primary N) is 1. The van der Waals surface area contributed by atoms with E-state index in [-0.39, 0.29) is 5.91 Å². The van der Waals surface area contributed by atoms with E-state index in [1.54, 1.807) is 6.20 Å². The van der Waals surface area contributed by atoms with Crippen LogP contribution >= 0.6 is 0 Å². The second-order valence-corrected chi connectivity index (χ2v) is 5.54. The Morgan fingerprint density at radius 2 is 2.14 bits per heavy atom. The molecule has 1 aliphatic carbocycles. The third-order valence-electron chi connectivity index (χ3n) is 3.93. The number of carbonyl (C=O) groups excluding carboxylic acids is 1. The smallest absolute Gasteiger partial charge is 0.244 e. The Hall–Kier alpha value is -2.14. The minimum Gasteiger partial charge on any atom is -0.337 e. The number of nitrogens with zero attached hydrogens (tertiary/aromatic N) is 3. The molecular weight excluding hydrogens is 264 g/mol. The van der Waals surface area contributed by atoms with Crippen LogP contribution in [0.15, 0.2) is 42.7 Å². The molecule has 0 aliphatic heterocycles. The van der Waals surface area contributed by atoms with E-state index in [2.05, 4.69) is 4.98 Å². The first-order chi connectivity index (χ1) is 10.2. The van der Waals surface area contributed by atoms with Crippen LogP contribution in [0.25, 0.3) is 0 Å². The van der Waals surface area contributed by atoms with Gasteiger partial charge in [-0.1, -0.05) is 30.3 Å². The van der Waals surface area contributed by atoms with Crippen molar-refractivity contribution in [2.75, 3.05) is 0 Å². The first-order valence-corrected chi connectivity index (χ1v) is 7.24. The summed E-state index contributed by atoms with van der Waals surface area (Å²) in [6.45, 7) is 0.521. The summed E-state index contributed by atoms with van der Waals surface area (Å²) >= 11 is 0. The Bertz CT molecular complexity index is 618. The zero-order valence-corrected chi connectivity index (χ0v) is 12.1. The van der Waals surface area contributed by atoms with Crippen LogP contribution in [0.4, 0.5) is 0 Å². The van der Waals surface area contributed by atoms with Gasteiger partial charge in [0, 0.05) is 25.5 Å². The van der Waals surface area contributed by atoms with E-state index in [1.165, 1.54) is 0 Å². The third kappa shape index (κ3) is 2.97. The van der Waals surface area contributed by atoms with Crippen LogP contribution in [-0.4, -0.2) is 26.4 Å². The molecule has 1 fully saturated rings. The summed E-state index contributed by atoms with van der Waals surface area (Å²) in [6, 6.07) is 9.23. The van der Waals surface area contributed by atoms with Crippen molar-refractivity contribution in [3.05, 3.63) is 54.1 Å². The predicted molar refractivity (Wildman–Crippen MR) is 80.2 cm³/mol. The monoisotopic (exact) mass is 284 g/mol. The number of imidazole rings is 1. The Balaban J connectivity index is 1.78. The zero-order valence-electron chi connectivity index (χ0n) is 12.1. The number of aromatic nitrogens is 2. The number of hydrogen-bond acceptors (Lipinski definition) is 3. The molecule has 1 aromatic carbocycles. The largest absolute Gasteiger partial charge is 0.337 e. The van der Waals surface area contributed by atoms with Crippen LogP contribution in [0.1, 0.15) is 30.3 Å². The summed E-state index contributed by atoms with van der Waals surface area (Å²) in [5.74, 6) is 0.863. The summed E-state index contributed by atoms with van der Waals surface area (Å²) in [4.78, 5) is 18.9. The lowest BCUT2D eigenvalue weighted by Gasteiger charge is -2.25. The molecule has 0 bridgehead atoms. The number of carbonyl (C=O) groups is 1. The molecule has 1 aliphatic rings. The van der Waals surface area contributed by atoms with E-state index in [4.69, 9.17) is 5.73 Å². The van der Waals surface area contributed by atoms with Crippen LogP contribution in [0, 0.1) is 0 Å². The molecule has 0 radical (unpaired) electrons. The topological polar surface area (TPSA) is 64.2 Å². The molecule has 1 amide bonds. The zero-order chi connectivity index (χ0) is 14.8. The van der Waals surface area contributed by atoms with Gasteiger partial charge in [0.15, 0.2) is 0 Å². The number of aryl methyl sites for hydroxylation is 1. The molecule has 3 rings (SSSR count). The van der Waals surface area contributed by atoms with Crippen molar-refractivity contribution < 1.29 is 4.79 Å². The van der Waals surface area contributed by atoms with E-state index in [1.807, 2.05) is 53.0 Å². The Morgan fingerprint density at radius 1 is 1.43 bits per heavy atom. The Labute approximate surface area is 124 Å². The molecule has 1 saturated carbocycles. The van der Waals surface area contributed by atoms with Crippen LogP contribution in [0.3, 0.4) is 0 Å². The van der Waals surface area contributed by atoms with Gasteiger partial charge < -0.3 is 15.2 Å². The molecule has 0 spiro atoms. The van der Waals surface area contributed by atoms with E-state index in [0.717, 1.165) is 24.2 Å². The second kappa shape index (κ2) is 5.69. The molecule has 5 heteroatoms. The minimum atomic E-state index is -0.605. The van der Waals surface area contributed by atoms with Gasteiger partial charge in [0.1, 0.15) is 11.9 Å². The molecule has 2 aromatic rings. The van der Waals surface area contributed by atoms with Crippen molar-refractivity contribution in [2.45, 2.75) is 31.5 Å². The molecule has 1 unspecified atom stereocenters. The molecule has 2 N–H and O–H groups in total. The fourth-order valence-corrected chi connectivity index (χ4v) is 2.46. The fraction of sp³-hybridized carbons (Fsp3) is 0.375. The fourth-order valence-electron chi connectivity index (χ4n) is 2.46. The van der Waals surface area contributed by atoms with Crippen LogP contribution < -0.4 is 5.73 Å². The van der Waals surface area contributed by atoms with E-state index in [9.17, 15) is 4.79 Å². The predicted octanol–water partition coefficient (Wildman–Crippen LogP) is 1.61. The van der Waals surface area contributed by atoms with Gasteiger partial charge in [0.25, 0.3) is 0 Å². The maximum Gasteiger partial charge on any atom is 0.244 e. The number of benzene rings is 1. The quantitative estimate of drug-likeness (QED) is 0.907. The summed E-state index contributed by atoms with van der Waals surface area (Å²) in [5, 5.41) is 0. The normalized spacial score (nSPS) is 15.7. The highest BCUT2D eigenvalue weighted by Crippen LogP contribution is 2.30. The number of amides is 1. The van der Waals surface area contributed by atoms with Gasteiger partial charge in [-0.2, -0.15) is 0 Å². The van der Waals surface area contributed by atoms with Gasteiger partial charge in [-0.25, -0.2) is 4.98 Å². The molecule has 1 aromatic heterocycles. The average Bonchev–Trinajstić information content (AvgIpc) is 3.28. The van der Waals surface area contributed by atoms with E-state index in [0.29, 0.717) is 12.6 Å². The Kier molecular flexibility index (Phi) is 3.75. The van der Waals surface area contributed by atoms with Gasteiger partial charge in [-0.3, -0.25) is 4.79 Å². The molecule has 1 atom stereocenters. The lowest BCUT2D eigenvalue weighted by Crippen LogP contribution is -2.40. The van der Waals surface area contributed by atoms with Crippen molar-refractivity contribution in [2.24, 2.45) is 12.8 Å². The highest BCUT2D eigenvalue weighted by atomic mass is 16.2. The van der Waals surface area contributed by atoms with E-state index < -0.39 is 6.04 Å². The van der Waals surface area contributed by atoms with Crippen LogP contribution in [-0.2, 0) is 18.4 Å². The van der Waals surface area contributed by atoms with Crippen molar-refractivity contribution >= 4 is 5.91 Å². The van der Waals surface area contributed by atoms with Gasteiger partial charge in [-0.05, 0) is 18.4 Å². The SMILES string of the molecule is Cn1ccnc1CN(C(=O)C(N)c1ccccc1)C1CC1. The van der Waals surface area contributed by atoms with Gasteiger partial charge in [-0.15, -0.1) is 0 Å². The average molecular weight is 284 g/mol.